The molecule has 36 heavy (non-hydrogen) atoms. The largest absolute Gasteiger partial charge is 0.507 e. The summed E-state index contributed by atoms with van der Waals surface area (Å²) in [6.07, 6.45) is 0. The summed E-state index contributed by atoms with van der Waals surface area (Å²) in [5.74, 6) is 0.125. The molecule has 0 aliphatic heterocycles. The average Bonchev–Trinajstić information content (AvgIpc) is 3.23. The fraction of sp³-hybridized carbons (Fsp3) is 0.160. The number of carbonyl (C=O) groups excluding carboxylic acids is 1. The first kappa shape index (κ1) is 25.4. The Balaban J connectivity index is 1.65. The summed E-state index contributed by atoms with van der Waals surface area (Å²) in [7, 11) is 0. The number of aryl methyl sites for hydroxylation is 3. The molecule has 0 fully saturated rings. The predicted molar refractivity (Wildman–Crippen MR) is 143 cm³/mol. The number of nitro benzene ring substituents is 1. The van der Waals surface area contributed by atoms with Crippen molar-refractivity contribution in [1.82, 2.24) is 14.8 Å². The fourth-order valence-electron chi connectivity index (χ4n) is 3.71. The summed E-state index contributed by atoms with van der Waals surface area (Å²) in [6.45, 7) is 5.61. The Bertz CT molecular complexity index is 1490. The molecule has 9 nitrogen and oxygen atoms in total. The van der Waals surface area contributed by atoms with E-state index in [1.54, 1.807) is 37.3 Å². The van der Waals surface area contributed by atoms with Crippen LogP contribution in [0.25, 0.3) is 17.1 Å². The lowest BCUT2D eigenvalue weighted by molar-refractivity contribution is -0.385. The van der Waals surface area contributed by atoms with Crippen molar-refractivity contribution in [2.45, 2.75) is 25.9 Å². The van der Waals surface area contributed by atoms with E-state index < -0.39 is 4.92 Å². The van der Waals surface area contributed by atoms with Crippen LogP contribution >= 0.6 is 27.7 Å². The molecule has 11 heteroatoms. The lowest BCUT2D eigenvalue weighted by Crippen LogP contribution is -2.15. The molecule has 1 aromatic heterocycles. The summed E-state index contributed by atoms with van der Waals surface area (Å²) < 4.78 is 2.58. The average molecular weight is 568 g/mol. The van der Waals surface area contributed by atoms with E-state index in [2.05, 4.69) is 31.4 Å². The summed E-state index contributed by atoms with van der Waals surface area (Å²) in [4.78, 5) is 23.4. The first-order valence-electron chi connectivity index (χ1n) is 10.8. The Hall–Kier alpha value is -3.70. The quantitative estimate of drug-likeness (QED) is 0.160. The topological polar surface area (TPSA) is 123 Å². The second-order valence-corrected chi connectivity index (χ2v) is 10.0. The fourth-order valence-corrected chi connectivity index (χ4v) is 4.82. The van der Waals surface area contributed by atoms with Crippen molar-refractivity contribution >= 4 is 45.0 Å². The van der Waals surface area contributed by atoms with Crippen molar-refractivity contribution in [3.63, 3.8) is 0 Å². The van der Waals surface area contributed by atoms with Crippen LogP contribution < -0.4 is 5.32 Å². The van der Waals surface area contributed by atoms with Gasteiger partial charge in [0.05, 0.1) is 21.9 Å². The molecule has 0 spiro atoms. The van der Waals surface area contributed by atoms with Gasteiger partial charge in [0, 0.05) is 21.8 Å². The number of amides is 1. The summed E-state index contributed by atoms with van der Waals surface area (Å²) in [5, 5.41) is 33.5. The van der Waals surface area contributed by atoms with Gasteiger partial charge >= 0.3 is 0 Å². The van der Waals surface area contributed by atoms with Gasteiger partial charge in [0.2, 0.25) is 5.91 Å². The Labute approximate surface area is 219 Å². The molecule has 0 saturated carbocycles. The monoisotopic (exact) mass is 567 g/mol. The van der Waals surface area contributed by atoms with E-state index >= 15 is 0 Å². The SMILES string of the molecule is Cc1ccc(-n2c(SCC(=O)Nc3ccc(C)c([N+](=O)[O-])c3)nnc2-c2cc(Br)ccc2O)c(C)c1. The smallest absolute Gasteiger partial charge is 0.274 e. The minimum Gasteiger partial charge on any atom is -0.507 e. The molecule has 0 radical (unpaired) electrons. The number of hydrogen-bond acceptors (Lipinski definition) is 7. The van der Waals surface area contributed by atoms with Crippen LogP contribution in [0.4, 0.5) is 11.4 Å². The third-order valence-electron chi connectivity index (χ3n) is 5.45. The van der Waals surface area contributed by atoms with Gasteiger partial charge in [0.15, 0.2) is 11.0 Å². The molecular weight excluding hydrogens is 546 g/mol. The van der Waals surface area contributed by atoms with E-state index in [4.69, 9.17) is 0 Å². The van der Waals surface area contributed by atoms with Gasteiger partial charge in [-0.3, -0.25) is 19.5 Å². The number of rotatable bonds is 7. The number of anilines is 1. The highest BCUT2D eigenvalue weighted by Crippen LogP contribution is 2.35. The van der Waals surface area contributed by atoms with Crippen LogP contribution in [-0.2, 0) is 4.79 Å². The van der Waals surface area contributed by atoms with Gasteiger partial charge < -0.3 is 10.4 Å². The number of carbonyl (C=O) groups is 1. The number of aromatic nitrogens is 3. The number of halogens is 1. The van der Waals surface area contributed by atoms with E-state index in [1.165, 1.54) is 17.8 Å². The molecule has 0 unspecified atom stereocenters. The molecule has 1 heterocycles. The number of nitrogens with one attached hydrogen (secondary N) is 1. The van der Waals surface area contributed by atoms with E-state index in [1.807, 2.05) is 36.6 Å². The lowest BCUT2D eigenvalue weighted by Gasteiger charge is -2.14. The Morgan fingerprint density at radius 1 is 1.08 bits per heavy atom. The molecule has 3 aromatic carbocycles. The van der Waals surface area contributed by atoms with E-state index in [9.17, 15) is 20.0 Å². The van der Waals surface area contributed by atoms with Crippen molar-refractivity contribution in [1.29, 1.82) is 0 Å². The zero-order chi connectivity index (χ0) is 26.0. The number of phenols is 1. The van der Waals surface area contributed by atoms with Crippen LogP contribution in [0.3, 0.4) is 0 Å². The van der Waals surface area contributed by atoms with Gasteiger partial charge in [0.1, 0.15) is 5.75 Å². The number of phenolic OH excluding ortho intramolecular Hbond substituents is 1. The number of nitrogens with zero attached hydrogens (tertiary/aromatic N) is 4. The van der Waals surface area contributed by atoms with Crippen molar-refractivity contribution in [2.24, 2.45) is 0 Å². The second-order valence-electron chi connectivity index (χ2n) is 8.19. The highest BCUT2D eigenvalue weighted by molar-refractivity contribution is 9.10. The van der Waals surface area contributed by atoms with Crippen LogP contribution in [0.15, 0.2) is 64.2 Å². The van der Waals surface area contributed by atoms with E-state index in [-0.39, 0.29) is 23.1 Å². The molecule has 184 valence electrons. The highest BCUT2D eigenvalue weighted by atomic mass is 79.9. The summed E-state index contributed by atoms with van der Waals surface area (Å²) >= 11 is 4.61. The molecule has 0 saturated heterocycles. The molecule has 2 N–H and O–H groups in total. The van der Waals surface area contributed by atoms with Crippen molar-refractivity contribution in [2.75, 3.05) is 11.1 Å². The minimum atomic E-state index is -0.481. The highest BCUT2D eigenvalue weighted by Gasteiger charge is 2.21. The number of nitro groups is 1. The number of hydrogen-bond donors (Lipinski definition) is 2. The van der Waals surface area contributed by atoms with Crippen LogP contribution in [0.1, 0.15) is 16.7 Å². The maximum atomic E-state index is 12.7. The van der Waals surface area contributed by atoms with E-state index in [0.29, 0.717) is 27.8 Å². The van der Waals surface area contributed by atoms with Crippen molar-refractivity contribution in [3.05, 3.63) is 85.9 Å². The van der Waals surface area contributed by atoms with Gasteiger partial charge in [-0.25, -0.2) is 0 Å². The summed E-state index contributed by atoms with van der Waals surface area (Å²) in [6, 6.07) is 15.6. The standard InChI is InChI=1S/C25H22BrN5O4S/c1-14-4-8-20(16(3)10-14)30-24(19-11-17(26)6-9-22(19)32)28-29-25(30)36-13-23(33)27-18-7-5-15(2)21(12-18)31(34)35/h4-12,32H,13H2,1-3H3,(H,27,33). The molecule has 4 aromatic rings. The molecule has 0 aliphatic rings. The maximum absolute atomic E-state index is 12.7. The Morgan fingerprint density at radius 2 is 1.86 bits per heavy atom. The minimum absolute atomic E-state index is 0.00478. The van der Waals surface area contributed by atoms with E-state index in [0.717, 1.165) is 21.3 Å². The molecule has 1 amide bonds. The lowest BCUT2D eigenvalue weighted by atomic mass is 10.1. The molecule has 0 aliphatic carbocycles. The van der Waals surface area contributed by atoms with Gasteiger partial charge in [-0.2, -0.15) is 0 Å². The molecule has 0 atom stereocenters. The number of aromatic hydroxyl groups is 1. The third kappa shape index (κ3) is 5.42. The van der Waals surface area contributed by atoms with Gasteiger partial charge in [0.25, 0.3) is 5.69 Å². The van der Waals surface area contributed by atoms with Gasteiger partial charge in [-0.1, -0.05) is 51.5 Å². The Kier molecular flexibility index (Phi) is 7.41. The maximum Gasteiger partial charge on any atom is 0.274 e. The first-order chi connectivity index (χ1) is 17.1. The molecular formula is C25H22BrN5O4S. The van der Waals surface area contributed by atoms with Gasteiger partial charge in [-0.05, 0) is 56.7 Å². The third-order valence-corrected chi connectivity index (χ3v) is 6.87. The van der Waals surface area contributed by atoms with Crippen LogP contribution in [-0.4, -0.2) is 36.5 Å². The summed E-state index contributed by atoms with van der Waals surface area (Å²) in [5.41, 5.74) is 4.16. The van der Waals surface area contributed by atoms with Crippen molar-refractivity contribution in [3.8, 4) is 22.8 Å². The van der Waals surface area contributed by atoms with Crippen molar-refractivity contribution < 1.29 is 14.8 Å². The first-order valence-corrected chi connectivity index (χ1v) is 12.6. The molecule has 0 bridgehead atoms. The zero-order valence-corrected chi connectivity index (χ0v) is 22.1. The van der Waals surface area contributed by atoms with Crippen LogP contribution in [0, 0.1) is 30.9 Å². The van der Waals surface area contributed by atoms with Crippen LogP contribution in [0.5, 0.6) is 5.75 Å². The molecule has 4 rings (SSSR count). The number of benzene rings is 3. The van der Waals surface area contributed by atoms with Gasteiger partial charge in [-0.15, -0.1) is 10.2 Å². The Morgan fingerprint density at radius 3 is 2.58 bits per heavy atom. The van der Waals surface area contributed by atoms with Crippen LogP contribution in [0.2, 0.25) is 0 Å². The second kappa shape index (κ2) is 10.5. The number of thioether (sulfide) groups is 1. The predicted octanol–water partition coefficient (Wildman–Crippen LogP) is 5.97. The normalized spacial score (nSPS) is 10.9. The zero-order valence-electron chi connectivity index (χ0n) is 19.7.